The zero-order valence-electron chi connectivity index (χ0n) is 15.0. The van der Waals surface area contributed by atoms with E-state index >= 15 is 0 Å². The van der Waals surface area contributed by atoms with Crippen molar-refractivity contribution >= 4 is 23.3 Å². The van der Waals surface area contributed by atoms with Crippen LogP contribution in [0.4, 0.5) is 5.82 Å². The Morgan fingerprint density at radius 2 is 1.93 bits per heavy atom. The van der Waals surface area contributed by atoms with Crippen LogP contribution in [-0.4, -0.2) is 52.2 Å². The van der Waals surface area contributed by atoms with Crippen LogP contribution in [0.1, 0.15) is 16.1 Å². The van der Waals surface area contributed by atoms with Gasteiger partial charge in [-0.2, -0.15) is 10.4 Å². The second-order valence-electron chi connectivity index (χ2n) is 6.41. The van der Waals surface area contributed by atoms with Crippen LogP contribution in [0.2, 0.25) is 5.02 Å². The smallest absolute Gasteiger partial charge is 0.272 e. The number of H-pyrrole nitrogens is 1. The topological polar surface area (TPSA) is 88.9 Å². The molecule has 4 rings (SSSR count). The van der Waals surface area contributed by atoms with Crippen molar-refractivity contribution in [2.75, 3.05) is 31.1 Å². The number of anilines is 1. The first-order valence-electron chi connectivity index (χ1n) is 8.87. The van der Waals surface area contributed by atoms with Gasteiger partial charge in [-0.15, -0.1) is 0 Å². The molecule has 1 aliphatic rings. The number of carbonyl (C=O) groups is 1. The number of carbonyl (C=O) groups excluding carboxylic acids is 1. The Balaban J connectivity index is 1.45. The van der Waals surface area contributed by atoms with Crippen LogP contribution in [0.5, 0.6) is 0 Å². The molecule has 0 radical (unpaired) electrons. The molecule has 1 saturated heterocycles. The standard InChI is InChI=1S/C20H17ClN6O/c21-16-6-2-1-5-15(16)17-12-18(25-24-17)20(28)27-10-8-26(9-11-27)19-14(13-22)4-3-7-23-19/h1-7,12H,8-11H2,(H,24,25). The van der Waals surface area contributed by atoms with E-state index < -0.39 is 0 Å². The molecule has 1 aromatic carbocycles. The van der Waals surface area contributed by atoms with Gasteiger partial charge in [0.25, 0.3) is 5.91 Å². The molecule has 7 nitrogen and oxygen atoms in total. The number of pyridine rings is 1. The fourth-order valence-electron chi connectivity index (χ4n) is 3.27. The van der Waals surface area contributed by atoms with E-state index in [1.807, 2.05) is 23.1 Å². The minimum Gasteiger partial charge on any atom is -0.352 e. The third-order valence-corrected chi connectivity index (χ3v) is 5.06. The molecule has 1 fully saturated rings. The fourth-order valence-corrected chi connectivity index (χ4v) is 3.50. The predicted molar refractivity (Wildman–Crippen MR) is 106 cm³/mol. The van der Waals surface area contributed by atoms with E-state index in [1.54, 1.807) is 35.4 Å². The van der Waals surface area contributed by atoms with Crippen molar-refractivity contribution in [1.82, 2.24) is 20.1 Å². The monoisotopic (exact) mass is 392 g/mol. The second kappa shape index (κ2) is 7.71. The maximum Gasteiger partial charge on any atom is 0.272 e. The van der Waals surface area contributed by atoms with Crippen LogP contribution >= 0.6 is 11.6 Å². The molecule has 0 bridgehead atoms. The highest BCUT2D eigenvalue weighted by Crippen LogP contribution is 2.26. The molecule has 140 valence electrons. The van der Waals surface area contributed by atoms with E-state index in [4.69, 9.17) is 11.6 Å². The number of hydrogen-bond acceptors (Lipinski definition) is 5. The van der Waals surface area contributed by atoms with E-state index in [-0.39, 0.29) is 5.91 Å². The van der Waals surface area contributed by atoms with Gasteiger partial charge in [-0.1, -0.05) is 29.8 Å². The molecule has 2 aromatic heterocycles. The average molecular weight is 393 g/mol. The SMILES string of the molecule is N#Cc1cccnc1N1CCN(C(=O)c2cc(-c3ccccc3Cl)n[nH]2)CC1. The van der Waals surface area contributed by atoms with Crippen LogP contribution in [-0.2, 0) is 0 Å². The number of nitrogens with zero attached hydrogens (tertiary/aromatic N) is 5. The first-order valence-corrected chi connectivity index (χ1v) is 9.25. The zero-order valence-corrected chi connectivity index (χ0v) is 15.7. The summed E-state index contributed by atoms with van der Waals surface area (Å²) in [7, 11) is 0. The minimum absolute atomic E-state index is 0.105. The third-order valence-electron chi connectivity index (χ3n) is 4.73. The molecule has 28 heavy (non-hydrogen) atoms. The molecule has 8 heteroatoms. The van der Waals surface area contributed by atoms with Crippen LogP contribution in [0.25, 0.3) is 11.3 Å². The van der Waals surface area contributed by atoms with Crippen LogP contribution in [0.3, 0.4) is 0 Å². The molecule has 0 atom stereocenters. The van der Waals surface area contributed by atoms with Crippen molar-refractivity contribution < 1.29 is 4.79 Å². The highest BCUT2D eigenvalue weighted by Gasteiger charge is 2.25. The molecule has 0 saturated carbocycles. The summed E-state index contributed by atoms with van der Waals surface area (Å²) in [5, 5.41) is 16.9. The Morgan fingerprint density at radius 3 is 2.68 bits per heavy atom. The highest BCUT2D eigenvalue weighted by atomic mass is 35.5. The molecule has 0 spiro atoms. The number of hydrogen-bond donors (Lipinski definition) is 1. The van der Waals surface area contributed by atoms with Gasteiger partial charge in [0.15, 0.2) is 0 Å². The Morgan fingerprint density at radius 1 is 1.14 bits per heavy atom. The van der Waals surface area contributed by atoms with Gasteiger partial charge in [-0.3, -0.25) is 9.89 Å². The molecular weight excluding hydrogens is 376 g/mol. The summed E-state index contributed by atoms with van der Waals surface area (Å²) < 4.78 is 0. The van der Waals surface area contributed by atoms with Gasteiger partial charge in [0.2, 0.25) is 0 Å². The number of benzene rings is 1. The molecular formula is C20H17ClN6O. The summed E-state index contributed by atoms with van der Waals surface area (Å²) in [5.74, 6) is 0.562. The highest BCUT2D eigenvalue weighted by molar-refractivity contribution is 6.33. The first-order chi connectivity index (χ1) is 13.7. The zero-order chi connectivity index (χ0) is 19.5. The van der Waals surface area contributed by atoms with E-state index in [9.17, 15) is 10.1 Å². The van der Waals surface area contributed by atoms with Crippen LogP contribution in [0.15, 0.2) is 48.7 Å². The number of amides is 1. The number of aromatic nitrogens is 3. The number of aromatic amines is 1. The van der Waals surface area contributed by atoms with Crippen LogP contribution < -0.4 is 4.90 Å². The first kappa shape index (κ1) is 18.0. The molecule has 1 N–H and O–H groups in total. The average Bonchev–Trinajstić information content (AvgIpc) is 3.23. The van der Waals surface area contributed by atoms with Crippen molar-refractivity contribution in [2.45, 2.75) is 0 Å². The Bertz CT molecular complexity index is 1050. The van der Waals surface area contributed by atoms with Crippen molar-refractivity contribution in [3.05, 3.63) is 64.9 Å². The van der Waals surface area contributed by atoms with Gasteiger partial charge < -0.3 is 9.80 Å². The van der Waals surface area contributed by atoms with Gasteiger partial charge in [0.1, 0.15) is 17.6 Å². The summed E-state index contributed by atoms with van der Waals surface area (Å²) >= 11 is 6.21. The molecule has 3 heterocycles. The summed E-state index contributed by atoms with van der Waals surface area (Å²) in [6, 6.07) is 14.8. The van der Waals surface area contributed by atoms with Crippen molar-refractivity contribution in [3.63, 3.8) is 0 Å². The largest absolute Gasteiger partial charge is 0.352 e. The third kappa shape index (κ3) is 3.42. The lowest BCUT2D eigenvalue weighted by Crippen LogP contribution is -2.49. The van der Waals surface area contributed by atoms with E-state index in [2.05, 4.69) is 21.3 Å². The summed E-state index contributed by atoms with van der Waals surface area (Å²) in [5.41, 5.74) is 2.39. The predicted octanol–water partition coefficient (Wildman–Crippen LogP) is 2.96. The summed E-state index contributed by atoms with van der Waals surface area (Å²) in [6.45, 7) is 2.31. The maximum absolute atomic E-state index is 12.8. The Kier molecular flexibility index (Phi) is 4.96. The number of rotatable bonds is 3. The van der Waals surface area contributed by atoms with Gasteiger partial charge in [0, 0.05) is 37.9 Å². The normalized spacial score (nSPS) is 14.0. The van der Waals surface area contributed by atoms with E-state index in [1.165, 1.54) is 0 Å². The molecule has 3 aromatic rings. The number of nitrogens with one attached hydrogen (secondary N) is 1. The molecule has 1 aliphatic heterocycles. The fraction of sp³-hybridized carbons (Fsp3) is 0.200. The van der Waals surface area contributed by atoms with Gasteiger partial charge in [-0.25, -0.2) is 4.98 Å². The van der Waals surface area contributed by atoms with Gasteiger partial charge in [0.05, 0.1) is 16.3 Å². The van der Waals surface area contributed by atoms with Crippen LogP contribution in [0, 0.1) is 11.3 Å². The van der Waals surface area contributed by atoms with Crippen molar-refractivity contribution in [3.8, 4) is 17.3 Å². The molecule has 0 aliphatic carbocycles. The Labute approximate surface area is 167 Å². The van der Waals surface area contributed by atoms with Crippen molar-refractivity contribution in [1.29, 1.82) is 5.26 Å². The number of nitriles is 1. The van der Waals surface area contributed by atoms with E-state index in [0.29, 0.717) is 54.0 Å². The van der Waals surface area contributed by atoms with Crippen molar-refractivity contribution in [2.24, 2.45) is 0 Å². The maximum atomic E-state index is 12.8. The van der Waals surface area contributed by atoms with E-state index in [0.717, 1.165) is 5.56 Å². The van der Waals surface area contributed by atoms with Gasteiger partial charge >= 0.3 is 0 Å². The quantitative estimate of drug-likeness (QED) is 0.740. The summed E-state index contributed by atoms with van der Waals surface area (Å²) in [4.78, 5) is 21.0. The second-order valence-corrected chi connectivity index (χ2v) is 6.82. The lowest BCUT2D eigenvalue weighted by molar-refractivity contribution is 0.0740. The molecule has 1 amide bonds. The Hall–Kier alpha value is -3.37. The lowest BCUT2D eigenvalue weighted by atomic mass is 10.1. The molecule has 0 unspecified atom stereocenters. The van der Waals surface area contributed by atoms with Gasteiger partial charge in [-0.05, 0) is 24.3 Å². The minimum atomic E-state index is -0.105. The number of piperazine rings is 1. The number of halogens is 1. The summed E-state index contributed by atoms with van der Waals surface area (Å²) in [6.07, 6.45) is 1.68. The lowest BCUT2D eigenvalue weighted by Gasteiger charge is -2.35.